The van der Waals surface area contributed by atoms with Crippen LogP contribution in [0.25, 0.3) is 0 Å². The molecule has 4 nitrogen and oxygen atoms in total. The van der Waals surface area contributed by atoms with Gasteiger partial charge in [0.25, 0.3) is 0 Å². The highest BCUT2D eigenvalue weighted by molar-refractivity contribution is 7.11. The predicted octanol–water partition coefficient (Wildman–Crippen LogP) is 2.10. The van der Waals surface area contributed by atoms with Gasteiger partial charge >= 0.3 is 8.72 Å². The third-order valence-corrected chi connectivity index (χ3v) is 7.78. The predicted molar refractivity (Wildman–Crippen MR) is 77.5 cm³/mol. The molecule has 0 bridgehead atoms. The minimum absolute atomic E-state index is 0.805. The molecule has 1 aromatic heterocycles. The first-order valence-electron chi connectivity index (χ1n) is 6.19. The zero-order chi connectivity index (χ0) is 12.8. The summed E-state index contributed by atoms with van der Waals surface area (Å²) in [4.78, 5) is 5.67. The fraction of sp³-hybridized carbons (Fsp3) is 0.583. The third-order valence-electron chi connectivity index (χ3n) is 3.30. The molecule has 1 saturated heterocycles. The number of thiophene rings is 1. The van der Waals surface area contributed by atoms with Crippen LogP contribution >= 0.6 is 11.3 Å². The second-order valence-electron chi connectivity index (χ2n) is 4.26. The summed E-state index contributed by atoms with van der Waals surface area (Å²) in [6.45, 7) is 2.80. The van der Waals surface area contributed by atoms with Crippen molar-refractivity contribution in [3.63, 3.8) is 0 Å². The van der Waals surface area contributed by atoms with E-state index >= 15 is 0 Å². The minimum Gasteiger partial charge on any atom is -0.386 e. The molecule has 0 N–H and O–H groups in total. The molecule has 0 saturated carbocycles. The summed E-state index contributed by atoms with van der Waals surface area (Å²) in [6.07, 6.45) is 3.12. The Balaban J connectivity index is 1.82. The van der Waals surface area contributed by atoms with Crippen LogP contribution in [0.1, 0.15) is 11.3 Å². The lowest BCUT2D eigenvalue weighted by Gasteiger charge is -2.31. The first kappa shape index (κ1) is 13.9. The Labute approximate surface area is 114 Å². The number of nitrogens with zero attached hydrogens (tertiary/aromatic N) is 2. The molecule has 6 heteroatoms. The van der Waals surface area contributed by atoms with Crippen LogP contribution in [0.2, 0.25) is 6.04 Å². The Kier molecular flexibility index (Phi) is 5.08. The van der Waals surface area contributed by atoms with E-state index in [1.165, 1.54) is 11.3 Å². The van der Waals surface area contributed by atoms with Gasteiger partial charge in [-0.05, 0) is 24.4 Å². The Morgan fingerprint density at radius 2 is 2.33 bits per heavy atom. The summed E-state index contributed by atoms with van der Waals surface area (Å²) in [6, 6.07) is 5.18. The molecule has 0 spiro atoms. The van der Waals surface area contributed by atoms with Crippen LogP contribution in [-0.4, -0.2) is 53.4 Å². The van der Waals surface area contributed by atoms with Crippen LogP contribution in [0.4, 0.5) is 0 Å². The maximum atomic E-state index is 5.66. The SMILES string of the molecule is CO[Si]1(OC)CCCN1CCN=Cc1cccs1. The lowest BCUT2D eigenvalue weighted by atomic mass is 10.4. The maximum Gasteiger partial charge on any atom is 0.427 e. The lowest BCUT2D eigenvalue weighted by molar-refractivity contribution is 0.184. The Bertz CT molecular complexity index is 379. The second-order valence-corrected chi connectivity index (χ2v) is 8.62. The van der Waals surface area contributed by atoms with Crippen LogP contribution in [-0.2, 0) is 8.85 Å². The standard InChI is InChI=1S/C12H20N2O2SSi/c1-15-18(16-2)10-4-7-14(18)8-6-13-11-12-5-3-9-17-12/h3,5,9,11H,4,6-8,10H2,1-2H3. The van der Waals surface area contributed by atoms with Crippen LogP contribution in [0.3, 0.4) is 0 Å². The van der Waals surface area contributed by atoms with Gasteiger partial charge in [-0.3, -0.25) is 9.56 Å². The highest BCUT2D eigenvalue weighted by Crippen LogP contribution is 2.26. The molecule has 0 aliphatic carbocycles. The van der Waals surface area contributed by atoms with E-state index in [9.17, 15) is 0 Å². The zero-order valence-corrected chi connectivity index (χ0v) is 12.8. The van der Waals surface area contributed by atoms with Crippen LogP contribution in [0.5, 0.6) is 0 Å². The first-order valence-corrected chi connectivity index (χ1v) is 9.04. The highest BCUT2D eigenvalue weighted by atomic mass is 32.1. The molecule has 2 heterocycles. The third kappa shape index (κ3) is 3.07. The molecule has 0 atom stereocenters. The van der Waals surface area contributed by atoms with Gasteiger partial charge in [-0.2, -0.15) is 0 Å². The van der Waals surface area contributed by atoms with Gasteiger partial charge < -0.3 is 8.85 Å². The molecule has 18 heavy (non-hydrogen) atoms. The van der Waals surface area contributed by atoms with Crippen molar-refractivity contribution in [3.8, 4) is 0 Å². The molecule has 0 unspecified atom stereocenters. The first-order chi connectivity index (χ1) is 8.80. The molecule has 0 aromatic carbocycles. The number of hydrogen-bond acceptors (Lipinski definition) is 5. The van der Waals surface area contributed by atoms with Crippen molar-refractivity contribution < 1.29 is 8.85 Å². The smallest absolute Gasteiger partial charge is 0.386 e. The molecular formula is C12H20N2O2SSi. The van der Waals surface area contributed by atoms with E-state index in [-0.39, 0.29) is 0 Å². The van der Waals surface area contributed by atoms with Crippen molar-refractivity contribution in [1.82, 2.24) is 4.57 Å². The fourth-order valence-corrected chi connectivity index (χ4v) is 5.91. The van der Waals surface area contributed by atoms with E-state index in [1.54, 1.807) is 25.6 Å². The van der Waals surface area contributed by atoms with E-state index in [2.05, 4.69) is 21.0 Å². The summed E-state index contributed by atoms with van der Waals surface area (Å²) >= 11 is 1.71. The van der Waals surface area contributed by atoms with Gasteiger partial charge in [-0.25, -0.2) is 0 Å². The fourth-order valence-electron chi connectivity index (χ4n) is 2.35. The maximum absolute atomic E-state index is 5.66. The second kappa shape index (κ2) is 6.58. The largest absolute Gasteiger partial charge is 0.427 e. The van der Waals surface area contributed by atoms with E-state index in [0.29, 0.717) is 0 Å². The molecular weight excluding hydrogens is 264 g/mol. The monoisotopic (exact) mass is 284 g/mol. The molecule has 100 valence electrons. The van der Waals surface area contributed by atoms with Crippen LogP contribution in [0.15, 0.2) is 22.5 Å². The highest BCUT2D eigenvalue weighted by Gasteiger charge is 2.46. The van der Waals surface area contributed by atoms with Crippen LogP contribution in [0, 0.1) is 0 Å². The molecule has 0 radical (unpaired) electrons. The van der Waals surface area contributed by atoms with Gasteiger partial charge in [0.05, 0.1) is 6.54 Å². The van der Waals surface area contributed by atoms with Crippen LogP contribution < -0.4 is 0 Å². The van der Waals surface area contributed by atoms with Gasteiger partial charge in [-0.1, -0.05) is 6.07 Å². The summed E-state index contributed by atoms with van der Waals surface area (Å²) < 4.78 is 13.7. The number of aliphatic imine (C=N–C) groups is 1. The molecule has 1 aliphatic rings. The van der Waals surface area contributed by atoms with Gasteiger partial charge in [0.1, 0.15) is 0 Å². The van der Waals surface area contributed by atoms with Gasteiger partial charge in [0, 0.05) is 37.9 Å². The van der Waals surface area contributed by atoms with Crippen molar-refractivity contribution in [3.05, 3.63) is 22.4 Å². The minimum atomic E-state index is -2.06. The quantitative estimate of drug-likeness (QED) is 0.592. The summed E-state index contributed by atoms with van der Waals surface area (Å²) in [5.41, 5.74) is 0. The average Bonchev–Trinajstić information content (AvgIpc) is 3.04. The van der Waals surface area contributed by atoms with Crippen molar-refractivity contribution in [2.24, 2.45) is 4.99 Å². The average molecular weight is 284 g/mol. The van der Waals surface area contributed by atoms with Gasteiger partial charge in [0.2, 0.25) is 0 Å². The van der Waals surface area contributed by atoms with E-state index in [0.717, 1.165) is 25.7 Å². The molecule has 0 amide bonds. The Morgan fingerprint density at radius 3 is 3.00 bits per heavy atom. The van der Waals surface area contributed by atoms with Crippen molar-refractivity contribution in [2.45, 2.75) is 12.5 Å². The van der Waals surface area contributed by atoms with Gasteiger partial charge in [0.15, 0.2) is 0 Å². The summed E-state index contributed by atoms with van der Waals surface area (Å²) in [5, 5.41) is 2.07. The normalized spacial score (nSPS) is 19.9. The van der Waals surface area contributed by atoms with E-state index < -0.39 is 8.72 Å². The molecule has 1 fully saturated rings. The van der Waals surface area contributed by atoms with E-state index in [4.69, 9.17) is 8.85 Å². The van der Waals surface area contributed by atoms with E-state index in [1.807, 2.05) is 12.3 Å². The zero-order valence-electron chi connectivity index (χ0n) is 11.0. The molecule has 1 aromatic rings. The Morgan fingerprint density at radius 1 is 1.50 bits per heavy atom. The molecule has 1 aliphatic heterocycles. The number of rotatable bonds is 6. The van der Waals surface area contributed by atoms with Gasteiger partial charge in [-0.15, -0.1) is 11.3 Å². The lowest BCUT2D eigenvalue weighted by Crippen LogP contribution is -2.53. The topological polar surface area (TPSA) is 34.1 Å². The van der Waals surface area contributed by atoms with Crippen molar-refractivity contribution in [2.75, 3.05) is 33.9 Å². The van der Waals surface area contributed by atoms with Crippen molar-refractivity contribution in [1.29, 1.82) is 0 Å². The molecule has 2 rings (SSSR count). The summed E-state index contributed by atoms with van der Waals surface area (Å²) in [7, 11) is 1.47. The number of hydrogen-bond donors (Lipinski definition) is 0. The van der Waals surface area contributed by atoms with Crippen molar-refractivity contribution >= 4 is 26.3 Å². The Hall–Kier alpha value is -0.533. The summed E-state index contributed by atoms with van der Waals surface area (Å²) in [5.74, 6) is 0.